The van der Waals surface area contributed by atoms with Gasteiger partial charge in [-0.2, -0.15) is 37.2 Å². The lowest BCUT2D eigenvalue weighted by atomic mass is 9.98. The number of carbonyl (C=O) groups excluding carboxylic acids is 1. The zero-order valence-electron chi connectivity index (χ0n) is 16.2. The van der Waals surface area contributed by atoms with E-state index in [1.165, 1.54) is 18.5 Å². The highest BCUT2D eigenvalue weighted by Crippen LogP contribution is 2.44. The summed E-state index contributed by atoms with van der Waals surface area (Å²) in [5.74, 6) is -6.14. The molecule has 0 unspecified atom stereocenters. The Morgan fingerprint density at radius 3 is 2.39 bits per heavy atom. The van der Waals surface area contributed by atoms with Gasteiger partial charge in [0.1, 0.15) is 6.54 Å². The maximum atomic E-state index is 13.8. The van der Waals surface area contributed by atoms with E-state index in [0.29, 0.717) is 17.8 Å². The summed E-state index contributed by atoms with van der Waals surface area (Å²) in [6.45, 7) is 2.76. The molecule has 1 aromatic carbocycles. The van der Waals surface area contributed by atoms with E-state index in [2.05, 4.69) is 20.6 Å². The van der Waals surface area contributed by atoms with Gasteiger partial charge in [-0.25, -0.2) is 4.68 Å². The Kier molecular flexibility index (Phi) is 5.74. The Balaban J connectivity index is 2.06. The fourth-order valence-electron chi connectivity index (χ4n) is 2.90. The lowest BCUT2D eigenvalue weighted by molar-refractivity contribution is -0.289. The Labute approximate surface area is 171 Å². The SMILES string of the molecule is CC(C)c1nn(CC(=O)Nc2ccnnc2)c(=O)c2ccc(C(F)(F)C(F)(F)F)cc12. The molecule has 2 aromatic heterocycles. The van der Waals surface area contributed by atoms with Crippen molar-refractivity contribution in [2.45, 2.75) is 38.4 Å². The molecule has 164 valence electrons. The third kappa shape index (κ3) is 4.37. The molecule has 0 aliphatic rings. The van der Waals surface area contributed by atoms with E-state index in [1.54, 1.807) is 13.8 Å². The van der Waals surface area contributed by atoms with Gasteiger partial charge in [-0.05, 0) is 24.1 Å². The zero-order valence-corrected chi connectivity index (χ0v) is 16.2. The standard InChI is InChI=1S/C19H16F5N5O2/c1-10(2)16-14-7-11(18(20,21)19(22,23)24)3-4-13(14)17(31)29(28-16)9-15(30)27-12-5-6-25-26-8-12/h3-8,10H,9H2,1-2H3,(H,25,27,30). The van der Waals surface area contributed by atoms with Crippen molar-refractivity contribution < 1.29 is 26.7 Å². The lowest BCUT2D eigenvalue weighted by Crippen LogP contribution is -2.34. The minimum Gasteiger partial charge on any atom is -0.323 e. The summed E-state index contributed by atoms with van der Waals surface area (Å²) < 4.78 is 66.7. The summed E-state index contributed by atoms with van der Waals surface area (Å²) in [5.41, 5.74) is -1.66. The monoisotopic (exact) mass is 441 g/mol. The zero-order chi connectivity index (χ0) is 23.0. The van der Waals surface area contributed by atoms with E-state index in [4.69, 9.17) is 0 Å². The van der Waals surface area contributed by atoms with Gasteiger partial charge < -0.3 is 5.32 Å². The third-order valence-corrected chi connectivity index (χ3v) is 4.42. The van der Waals surface area contributed by atoms with E-state index in [-0.39, 0.29) is 16.5 Å². The molecule has 0 bridgehead atoms. The van der Waals surface area contributed by atoms with Gasteiger partial charge in [-0.15, -0.1) is 0 Å². The second kappa shape index (κ2) is 8.00. The number of alkyl halides is 5. The Hall–Kier alpha value is -3.44. The van der Waals surface area contributed by atoms with Gasteiger partial charge in [0.2, 0.25) is 5.91 Å². The predicted molar refractivity (Wildman–Crippen MR) is 101 cm³/mol. The molecule has 0 aliphatic carbocycles. The van der Waals surface area contributed by atoms with Crippen molar-refractivity contribution in [3.8, 4) is 0 Å². The van der Waals surface area contributed by atoms with Crippen molar-refractivity contribution in [3.05, 3.63) is 58.3 Å². The molecule has 12 heteroatoms. The normalized spacial score (nSPS) is 12.4. The smallest absolute Gasteiger partial charge is 0.323 e. The molecule has 1 N–H and O–H groups in total. The van der Waals surface area contributed by atoms with E-state index in [1.807, 2.05) is 0 Å². The molecule has 0 saturated heterocycles. The Morgan fingerprint density at radius 1 is 1.10 bits per heavy atom. The molecule has 7 nitrogen and oxygen atoms in total. The third-order valence-electron chi connectivity index (χ3n) is 4.42. The van der Waals surface area contributed by atoms with Crippen molar-refractivity contribution in [2.24, 2.45) is 0 Å². The number of amides is 1. The van der Waals surface area contributed by atoms with Crippen LogP contribution in [0.3, 0.4) is 0 Å². The quantitative estimate of drug-likeness (QED) is 0.611. The number of aromatic nitrogens is 4. The van der Waals surface area contributed by atoms with E-state index < -0.39 is 41.6 Å². The van der Waals surface area contributed by atoms with Gasteiger partial charge in [0.05, 0.1) is 29.2 Å². The van der Waals surface area contributed by atoms with E-state index >= 15 is 0 Å². The van der Waals surface area contributed by atoms with Crippen LogP contribution in [0.4, 0.5) is 27.6 Å². The van der Waals surface area contributed by atoms with Gasteiger partial charge in [0.15, 0.2) is 0 Å². The van der Waals surface area contributed by atoms with Crippen molar-refractivity contribution in [3.63, 3.8) is 0 Å². The van der Waals surface area contributed by atoms with Gasteiger partial charge >= 0.3 is 12.1 Å². The first-order valence-electron chi connectivity index (χ1n) is 8.98. The number of anilines is 1. The number of nitrogens with one attached hydrogen (secondary N) is 1. The highest BCUT2D eigenvalue weighted by Gasteiger charge is 2.58. The van der Waals surface area contributed by atoms with E-state index in [9.17, 15) is 31.5 Å². The van der Waals surface area contributed by atoms with Crippen molar-refractivity contribution in [1.82, 2.24) is 20.0 Å². The number of hydrogen-bond acceptors (Lipinski definition) is 5. The van der Waals surface area contributed by atoms with Crippen LogP contribution in [0.15, 0.2) is 41.5 Å². The summed E-state index contributed by atoms with van der Waals surface area (Å²) in [7, 11) is 0. The molecule has 0 fully saturated rings. The second-order valence-corrected chi connectivity index (χ2v) is 7.01. The highest BCUT2D eigenvalue weighted by atomic mass is 19.4. The first kappa shape index (κ1) is 22.2. The molecule has 3 rings (SSSR count). The summed E-state index contributed by atoms with van der Waals surface area (Å²) in [4.78, 5) is 25.0. The van der Waals surface area contributed by atoms with Crippen LogP contribution >= 0.6 is 0 Å². The van der Waals surface area contributed by atoms with Crippen LogP contribution in [0.1, 0.15) is 31.0 Å². The Morgan fingerprint density at radius 2 is 1.81 bits per heavy atom. The summed E-state index contributed by atoms with van der Waals surface area (Å²) in [6, 6.07) is 3.54. The lowest BCUT2D eigenvalue weighted by Gasteiger charge is -2.21. The number of nitrogens with zero attached hydrogens (tertiary/aromatic N) is 4. The van der Waals surface area contributed by atoms with Crippen LogP contribution in [0.5, 0.6) is 0 Å². The fourth-order valence-corrected chi connectivity index (χ4v) is 2.90. The minimum absolute atomic E-state index is 0.104. The fraction of sp³-hybridized carbons (Fsp3) is 0.316. The van der Waals surface area contributed by atoms with Crippen molar-refractivity contribution in [2.75, 3.05) is 5.32 Å². The molecule has 2 heterocycles. The molecule has 0 spiro atoms. The average Bonchev–Trinajstić information content (AvgIpc) is 2.69. The van der Waals surface area contributed by atoms with Gasteiger partial charge in [-0.1, -0.05) is 19.9 Å². The molecule has 0 radical (unpaired) electrons. The number of fused-ring (bicyclic) bond motifs is 1. The average molecular weight is 441 g/mol. The Bertz CT molecular complexity index is 1180. The van der Waals surface area contributed by atoms with Gasteiger partial charge in [0.25, 0.3) is 5.56 Å². The van der Waals surface area contributed by atoms with E-state index in [0.717, 1.165) is 10.7 Å². The molecular formula is C19H16F5N5O2. The molecule has 0 saturated carbocycles. The topological polar surface area (TPSA) is 89.8 Å². The molecule has 0 atom stereocenters. The summed E-state index contributed by atoms with van der Waals surface area (Å²) in [5, 5.41) is 13.5. The summed E-state index contributed by atoms with van der Waals surface area (Å²) in [6.07, 6.45) is -3.15. The number of halogens is 5. The summed E-state index contributed by atoms with van der Waals surface area (Å²) >= 11 is 0. The van der Waals surface area contributed by atoms with Crippen LogP contribution in [-0.2, 0) is 17.3 Å². The highest BCUT2D eigenvalue weighted by molar-refractivity contribution is 5.90. The molecule has 3 aromatic rings. The van der Waals surface area contributed by atoms with Crippen LogP contribution in [-0.4, -0.2) is 32.1 Å². The number of hydrogen-bond donors (Lipinski definition) is 1. The van der Waals surface area contributed by atoms with Crippen molar-refractivity contribution >= 4 is 22.4 Å². The van der Waals surface area contributed by atoms with Gasteiger partial charge in [-0.3, -0.25) is 9.59 Å². The van der Waals surface area contributed by atoms with Crippen LogP contribution < -0.4 is 10.9 Å². The second-order valence-electron chi connectivity index (χ2n) is 7.01. The predicted octanol–water partition coefficient (Wildman–Crippen LogP) is 3.60. The maximum absolute atomic E-state index is 13.8. The number of benzene rings is 1. The van der Waals surface area contributed by atoms with Crippen LogP contribution in [0, 0.1) is 0 Å². The first-order valence-corrected chi connectivity index (χ1v) is 8.98. The van der Waals surface area contributed by atoms with Crippen LogP contribution in [0.25, 0.3) is 10.8 Å². The number of rotatable bonds is 5. The van der Waals surface area contributed by atoms with Crippen molar-refractivity contribution in [1.29, 1.82) is 0 Å². The molecule has 0 aliphatic heterocycles. The van der Waals surface area contributed by atoms with Crippen LogP contribution in [0.2, 0.25) is 0 Å². The van der Waals surface area contributed by atoms with Gasteiger partial charge in [0, 0.05) is 10.9 Å². The molecule has 1 amide bonds. The first-order chi connectivity index (χ1) is 14.4. The molecule has 31 heavy (non-hydrogen) atoms. The number of carbonyl (C=O) groups is 1. The maximum Gasteiger partial charge on any atom is 0.458 e. The largest absolute Gasteiger partial charge is 0.458 e. The minimum atomic E-state index is -5.79. The molecular weight excluding hydrogens is 425 g/mol.